The molecule has 3 heteroatoms. The molecular weight excluding hydrogens is 212 g/mol. The molecule has 94 valence electrons. The zero-order valence-electron chi connectivity index (χ0n) is 10.9. The Labute approximate surface area is 104 Å². The van der Waals surface area contributed by atoms with Crippen molar-refractivity contribution in [1.29, 1.82) is 0 Å². The van der Waals surface area contributed by atoms with Gasteiger partial charge in [-0.05, 0) is 51.9 Å². The van der Waals surface area contributed by atoms with Gasteiger partial charge in [-0.2, -0.15) is 0 Å². The highest BCUT2D eigenvalue weighted by molar-refractivity contribution is 5.76. The van der Waals surface area contributed by atoms with Crippen LogP contribution in [0.5, 0.6) is 0 Å². The van der Waals surface area contributed by atoms with Gasteiger partial charge in [0.2, 0.25) is 5.91 Å². The Hall–Kier alpha value is -1.09. The third-order valence-electron chi connectivity index (χ3n) is 3.65. The first kappa shape index (κ1) is 12.4. The smallest absolute Gasteiger partial charge is 0.224 e. The normalized spacial score (nSPS) is 22.4. The van der Waals surface area contributed by atoms with Crippen LogP contribution in [0, 0.1) is 0 Å². The van der Waals surface area contributed by atoms with Crippen molar-refractivity contribution < 1.29 is 4.79 Å². The predicted molar refractivity (Wildman–Crippen MR) is 69.5 cm³/mol. The van der Waals surface area contributed by atoms with Crippen molar-refractivity contribution in [1.82, 2.24) is 9.80 Å². The third-order valence-corrected chi connectivity index (χ3v) is 3.65. The van der Waals surface area contributed by atoms with Gasteiger partial charge in [0, 0.05) is 18.7 Å². The summed E-state index contributed by atoms with van der Waals surface area (Å²) in [5.41, 5.74) is 1.11. The van der Waals surface area contributed by atoms with Crippen LogP contribution in [0.15, 0.2) is 23.9 Å². The molecule has 2 rings (SSSR count). The molecule has 0 radical (unpaired) electrons. The number of allylic oxidation sites excluding steroid dienone is 3. The van der Waals surface area contributed by atoms with Crippen molar-refractivity contribution in [3.8, 4) is 0 Å². The maximum Gasteiger partial charge on any atom is 0.224 e. The van der Waals surface area contributed by atoms with Gasteiger partial charge in [-0.25, -0.2) is 0 Å². The van der Waals surface area contributed by atoms with Crippen molar-refractivity contribution >= 4 is 5.91 Å². The number of carbonyl (C=O) groups is 1. The third kappa shape index (κ3) is 2.97. The number of carbonyl (C=O) groups excluding carboxylic acids is 1. The molecule has 0 aromatic carbocycles. The van der Waals surface area contributed by atoms with E-state index in [4.69, 9.17) is 0 Å². The van der Waals surface area contributed by atoms with E-state index >= 15 is 0 Å². The number of hydrogen-bond donors (Lipinski definition) is 0. The Morgan fingerprint density at radius 2 is 2.06 bits per heavy atom. The highest BCUT2D eigenvalue weighted by Crippen LogP contribution is 2.23. The van der Waals surface area contributed by atoms with Crippen molar-refractivity contribution in [2.24, 2.45) is 0 Å². The highest BCUT2D eigenvalue weighted by Gasteiger charge is 2.26. The molecule has 1 aliphatic heterocycles. The Kier molecular flexibility index (Phi) is 4.00. The molecule has 0 aromatic rings. The van der Waals surface area contributed by atoms with E-state index in [2.05, 4.69) is 30.2 Å². The summed E-state index contributed by atoms with van der Waals surface area (Å²) in [6.45, 7) is 3.86. The van der Waals surface area contributed by atoms with Gasteiger partial charge in [-0.3, -0.25) is 4.79 Å². The first-order chi connectivity index (χ1) is 8.18. The Morgan fingerprint density at radius 3 is 2.59 bits per heavy atom. The van der Waals surface area contributed by atoms with Crippen molar-refractivity contribution in [3.05, 3.63) is 23.9 Å². The van der Waals surface area contributed by atoms with E-state index in [1.54, 1.807) is 6.92 Å². The lowest BCUT2D eigenvalue weighted by atomic mass is 10.0. The van der Waals surface area contributed by atoms with Crippen LogP contribution in [-0.2, 0) is 4.79 Å². The van der Waals surface area contributed by atoms with Gasteiger partial charge >= 0.3 is 0 Å². The van der Waals surface area contributed by atoms with Crippen LogP contribution >= 0.6 is 0 Å². The molecule has 1 fully saturated rings. The van der Waals surface area contributed by atoms with Gasteiger partial charge in [0.05, 0.1) is 0 Å². The minimum Gasteiger partial charge on any atom is -0.310 e. The number of piperidine rings is 1. The molecule has 0 bridgehead atoms. The van der Waals surface area contributed by atoms with Crippen LogP contribution in [0.2, 0.25) is 0 Å². The minimum absolute atomic E-state index is 0.178. The molecule has 1 heterocycles. The van der Waals surface area contributed by atoms with E-state index in [0.29, 0.717) is 6.04 Å². The molecule has 0 N–H and O–H groups in total. The van der Waals surface area contributed by atoms with Crippen molar-refractivity contribution in [2.45, 2.75) is 38.6 Å². The quantitative estimate of drug-likeness (QED) is 0.731. The van der Waals surface area contributed by atoms with Gasteiger partial charge < -0.3 is 9.80 Å². The van der Waals surface area contributed by atoms with Crippen LogP contribution in [-0.4, -0.2) is 41.9 Å². The molecule has 0 saturated carbocycles. The Bertz CT molecular complexity index is 338. The topological polar surface area (TPSA) is 23.6 Å². The van der Waals surface area contributed by atoms with Crippen molar-refractivity contribution in [3.63, 3.8) is 0 Å². The molecule has 1 saturated heterocycles. The average Bonchev–Trinajstić information content (AvgIpc) is 2.33. The van der Waals surface area contributed by atoms with Crippen LogP contribution in [0.3, 0.4) is 0 Å². The fraction of sp³-hybridized carbons (Fsp3) is 0.643. The zero-order chi connectivity index (χ0) is 12.3. The van der Waals surface area contributed by atoms with E-state index < -0.39 is 0 Å². The van der Waals surface area contributed by atoms with Gasteiger partial charge in [0.25, 0.3) is 0 Å². The molecule has 0 atom stereocenters. The number of hydrogen-bond acceptors (Lipinski definition) is 2. The second-order valence-corrected chi connectivity index (χ2v) is 5.03. The second kappa shape index (κ2) is 5.50. The van der Waals surface area contributed by atoms with Crippen molar-refractivity contribution in [2.75, 3.05) is 20.1 Å². The molecule has 1 aliphatic carbocycles. The summed E-state index contributed by atoms with van der Waals surface area (Å²) in [7, 11) is 2.15. The molecular formula is C14H22N2O. The predicted octanol–water partition coefficient (Wildman–Crippen LogP) is 2.16. The van der Waals surface area contributed by atoms with E-state index in [0.717, 1.165) is 44.5 Å². The Balaban J connectivity index is 2.09. The first-order valence-corrected chi connectivity index (χ1v) is 6.53. The number of amides is 1. The lowest BCUT2D eigenvalue weighted by molar-refractivity contribution is -0.129. The summed E-state index contributed by atoms with van der Waals surface area (Å²) in [4.78, 5) is 16.2. The molecule has 0 unspecified atom stereocenters. The van der Waals surface area contributed by atoms with E-state index in [-0.39, 0.29) is 5.91 Å². The summed E-state index contributed by atoms with van der Waals surface area (Å²) in [5, 5.41) is 0. The summed E-state index contributed by atoms with van der Waals surface area (Å²) in [5.74, 6) is 0.178. The number of nitrogens with zero attached hydrogens (tertiary/aromatic N) is 2. The fourth-order valence-electron chi connectivity index (χ4n) is 2.68. The van der Waals surface area contributed by atoms with Gasteiger partial charge in [0.15, 0.2) is 0 Å². The highest BCUT2D eigenvalue weighted by atomic mass is 16.2. The van der Waals surface area contributed by atoms with Crippen LogP contribution in [0.1, 0.15) is 32.6 Å². The largest absolute Gasteiger partial charge is 0.310 e. The second-order valence-electron chi connectivity index (χ2n) is 5.03. The summed E-state index contributed by atoms with van der Waals surface area (Å²) in [6, 6.07) is 0.387. The van der Waals surface area contributed by atoms with E-state index in [1.807, 2.05) is 4.90 Å². The minimum atomic E-state index is 0.178. The fourth-order valence-corrected chi connectivity index (χ4v) is 2.68. The van der Waals surface area contributed by atoms with E-state index in [1.165, 1.54) is 0 Å². The van der Waals surface area contributed by atoms with Gasteiger partial charge in [-0.15, -0.1) is 0 Å². The van der Waals surface area contributed by atoms with Gasteiger partial charge in [0.1, 0.15) is 0 Å². The van der Waals surface area contributed by atoms with Crippen LogP contribution in [0.25, 0.3) is 0 Å². The van der Waals surface area contributed by atoms with E-state index in [9.17, 15) is 4.79 Å². The molecule has 1 amide bonds. The van der Waals surface area contributed by atoms with Crippen LogP contribution in [0.4, 0.5) is 0 Å². The molecule has 3 nitrogen and oxygen atoms in total. The van der Waals surface area contributed by atoms with Gasteiger partial charge in [-0.1, -0.05) is 12.2 Å². The number of rotatable bonds is 2. The summed E-state index contributed by atoms with van der Waals surface area (Å²) in [6.07, 6.45) is 10.8. The molecule has 2 aliphatic rings. The maximum absolute atomic E-state index is 11.9. The standard InChI is InChI=1S/C14H22N2O/c1-12(17)16(13-6-4-3-5-7-13)14-8-10-15(2)11-9-14/h4,6-7,14H,3,5,8-11H2,1-2H3. The lowest BCUT2D eigenvalue weighted by Crippen LogP contribution is -2.45. The zero-order valence-corrected chi connectivity index (χ0v) is 10.9. The summed E-state index contributed by atoms with van der Waals surface area (Å²) < 4.78 is 0. The number of likely N-dealkylation sites (tertiary alicyclic amines) is 1. The summed E-state index contributed by atoms with van der Waals surface area (Å²) >= 11 is 0. The lowest BCUT2D eigenvalue weighted by Gasteiger charge is -2.37. The Morgan fingerprint density at radius 1 is 1.35 bits per heavy atom. The average molecular weight is 234 g/mol. The monoisotopic (exact) mass is 234 g/mol. The van der Waals surface area contributed by atoms with Crippen LogP contribution < -0.4 is 0 Å². The molecule has 17 heavy (non-hydrogen) atoms. The molecule has 0 spiro atoms. The maximum atomic E-state index is 11.9. The molecule has 0 aromatic heterocycles. The SMILES string of the molecule is CC(=O)N(C1=CCCC=C1)C1CCN(C)CC1. The first-order valence-electron chi connectivity index (χ1n) is 6.53.